The molecule has 1 aliphatic carbocycles. The number of hydrogen-bond acceptors (Lipinski definition) is 7. The van der Waals surface area contributed by atoms with E-state index in [1.165, 1.54) is 5.56 Å². The van der Waals surface area contributed by atoms with Gasteiger partial charge in [0.15, 0.2) is 5.82 Å². The Balaban J connectivity index is 1.08. The number of benzene rings is 1. The second-order valence-corrected chi connectivity index (χ2v) is 11.0. The zero-order valence-electron chi connectivity index (χ0n) is 20.2. The molecule has 0 spiro atoms. The molecule has 1 aliphatic heterocycles. The number of nitrogens with one attached hydrogen (secondary N) is 2. The van der Waals surface area contributed by atoms with Gasteiger partial charge < -0.3 is 15.7 Å². The van der Waals surface area contributed by atoms with Gasteiger partial charge in [0.1, 0.15) is 5.60 Å². The molecule has 5 rings (SSSR count). The molecule has 182 valence electrons. The van der Waals surface area contributed by atoms with E-state index in [2.05, 4.69) is 57.7 Å². The van der Waals surface area contributed by atoms with E-state index in [4.69, 9.17) is 0 Å². The van der Waals surface area contributed by atoms with Crippen LogP contribution in [0.2, 0.25) is 0 Å². The molecule has 0 unspecified atom stereocenters. The molecule has 3 heterocycles. The molecule has 0 bridgehead atoms. The number of carbonyl (C=O) groups is 1. The molecule has 1 saturated carbocycles. The molecule has 8 nitrogen and oxygen atoms in total. The van der Waals surface area contributed by atoms with Gasteiger partial charge in [-0.25, -0.2) is 4.98 Å². The largest absolute Gasteiger partial charge is 0.384 e. The Hall–Kier alpha value is -2.49. The second kappa shape index (κ2) is 9.28. The van der Waals surface area contributed by atoms with Crippen LogP contribution in [0, 0.1) is 13.8 Å². The number of likely N-dealkylation sites (tertiary alicyclic amines) is 1. The Morgan fingerprint density at radius 3 is 2.71 bits per heavy atom. The van der Waals surface area contributed by atoms with Crippen molar-refractivity contribution < 1.29 is 9.90 Å². The summed E-state index contributed by atoms with van der Waals surface area (Å²) in [6.45, 7) is 8.86. The van der Waals surface area contributed by atoms with Crippen molar-refractivity contribution in [3.8, 4) is 0 Å². The fourth-order valence-corrected chi connectivity index (χ4v) is 6.20. The van der Waals surface area contributed by atoms with Crippen LogP contribution >= 0.6 is 11.3 Å². The van der Waals surface area contributed by atoms with Gasteiger partial charge in [0.25, 0.3) is 0 Å². The molecule has 2 aliphatic rings. The average Bonchev–Trinajstić information content (AvgIpc) is 3.39. The van der Waals surface area contributed by atoms with E-state index in [0.29, 0.717) is 6.04 Å². The van der Waals surface area contributed by atoms with Crippen LogP contribution in [-0.2, 0) is 16.9 Å². The topological polar surface area (TPSA) is 95.3 Å². The number of aryl methyl sites for hydroxylation is 3. The van der Waals surface area contributed by atoms with Gasteiger partial charge in [0.05, 0.1) is 28.0 Å². The quantitative estimate of drug-likeness (QED) is 0.479. The van der Waals surface area contributed by atoms with Gasteiger partial charge in [-0.2, -0.15) is 5.10 Å². The maximum absolute atomic E-state index is 12.6. The first-order chi connectivity index (χ1) is 16.3. The SMILES string of the molecule is CCn1nc(NCC(=O)NC2CN(C3CCC(O)(c4cnc(C)s4)CC3)C2)c2cc(C)ccc21. The molecule has 0 atom stereocenters. The monoisotopic (exact) mass is 482 g/mol. The third-order valence-electron chi connectivity index (χ3n) is 7.28. The first kappa shape index (κ1) is 23.3. The van der Waals surface area contributed by atoms with E-state index in [1.54, 1.807) is 11.3 Å². The van der Waals surface area contributed by atoms with Crippen LogP contribution in [0.25, 0.3) is 10.9 Å². The minimum absolute atomic E-state index is 0.00455. The smallest absolute Gasteiger partial charge is 0.239 e. The van der Waals surface area contributed by atoms with Crippen LogP contribution in [0.4, 0.5) is 5.82 Å². The van der Waals surface area contributed by atoms with E-state index >= 15 is 0 Å². The first-order valence-corrected chi connectivity index (χ1v) is 13.1. The molecule has 3 N–H and O–H groups in total. The highest BCUT2D eigenvalue weighted by molar-refractivity contribution is 7.11. The van der Waals surface area contributed by atoms with Gasteiger partial charge in [-0.1, -0.05) is 11.6 Å². The lowest BCUT2D eigenvalue weighted by molar-refractivity contribution is -0.121. The predicted molar refractivity (Wildman–Crippen MR) is 135 cm³/mol. The maximum atomic E-state index is 12.6. The summed E-state index contributed by atoms with van der Waals surface area (Å²) in [6, 6.07) is 6.95. The van der Waals surface area contributed by atoms with Crippen molar-refractivity contribution in [2.45, 2.75) is 70.7 Å². The van der Waals surface area contributed by atoms with Gasteiger partial charge in [-0.05, 0) is 58.6 Å². The number of rotatable bonds is 7. The minimum Gasteiger partial charge on any atom is -0.384 e. The van der Waals surface area contributed by atoms with Crippen molar-refractivity contribution in [3.05, 3.63) is 39.8 Å². The normalized spacial score (nSPS) is 23.7. The maximum Gasteiger partial charge on any atom is 0.239 e. The third-order valence-corrected chi connectivity index (χ3v) is 8.38. The van der Waals surface area contributed by atoms with Crippen molar-refractivity contribution >= 4 is 34.0 Å². The number of carbonyl (C=O) groups excluding carboxylic acids is 1. The Kier molecular flexibility index (Phi) is 6.35. The van der Waals surface area contributed by atoms with E-state index in [1.807, 2.05) is 17.8 Å². The lowest BCUT2D eigenvalue weighted by Gasteiger charge is -2.48. The van der Waals surface area contributed by atoms with Crippen molar-refractivity contribution in [2.75, 3.05) is 25.0 Å². The second-order valence-electron chi connectivity index (χ2n) is 9.76. The Labute approximate surface area is 204 Å². The number of aliphatic hydroxyl groups is 1. The van der Waals surface area contributed by atoms with Crippen LogP contribution < -0.4 is 10.6 Å². The molecule has 9 heteroatoms. The highest BCUT2D eigenvalue weighted by atomic mass is 32.1. The zero-order chi connectivity index (χ0) is 23.9. The summed E-state index contributed by atoms with van der Waals surface area (Å²) in [6.07, 6.45) is 5.33. The fraction of sp³-hybridized carbons (Fsp3) is 0.560. The summed E-state index contributed by atoms with van der Waals surface area (Å²) in [5.41, 5.74) is 1.53. The highest BCUT2D eigenvalue weighted by Gasteiger charge is 2.41. The molecule has 0 radical (unpaired) electrons. The molecular formula is C25H34N6O2S. The summed E-state index contributed by atoms with van der Waals surface area (Å²) in [5.74, 6) is 0.756. The summed E-state index contributed by atoms with van der Waals surface area (Å²) >= 11 is 1.60. The standard InChI is InChI=1S/C25H34N6O2S/c1-4-31-21-6-5-16(2)11-20(21)24(29-31)27-13-23(32)28-18-14-30(15-18)19-7-9-25(33,10-8-19)22-12-26-17(3)34-22/h5-6,11-12,18-19,33H,4,7-10,13-15H2,1-3H3,(H,27,29)(H,28,32). The number of amides is 1. The molecule has 34 heavy (non-hydrogen) atoms. The van der Waals surface area contributed by atoms with Crippen molar-refractivity contribution in [1.82, 2.24) is 25.0 Å². The predicted octanol–water partition coefficient (Wildman–Crippen LogP) is 3.17. The molecule has 1 amide bonds. The number of anilines is 1. The van der Waals surface area contributed by atoms with Crippen LogP contribution in [0.3, 0.4) is 0 Å². The van der Waals surface area contributed by atoms with E-state index < -0.39 is 5.60 Å². The van der Waals surface area contributed by atoms with Crippen molar-refractivity contribution in [2.24, 2.45) is 0 Å². The number of aromatic nitrogens is 3. The number of hydrogen-bond donors (Lipinski definition) is 3. The van der Waals surface area contributed by atoms with Gasteiger partial charge >= 0.3 is 0 Å². The number of nitrogens with zero attached hydrogens (tertiary/aromatic N) is 4. The molecule has 2 aromatic heterocycles. The van der Waals surface area contributed by atoms with E-state index in [0.717, 1.165) is 71.9 Å². The lowest BCUT2D eigenvalue weighted by atomic mass is 9.80. The third kappa shape index (κ3) is 4.56. The highest BCUT2D eigenvalue weighted by Crippen LogP contribution is 2.41. The molecule has 2 fully saturated rings. The van der Waals surface area contributed by atoms with Crippen molar-refractivity contribution in [3.63, 3.8) is 0 Å². The molecule has 3 aromatic rings. The van der Waals surface area contributed by atoms with E-state index in [9.17, 15) is 9.90 Å². The molecule has 1 aromatic carbocycles. The van der Waals surface area contributed by atoms with Crippen LogP contribution in [0.15, 0.2) is 24.4 Å². The number of fused-ring (bicyclic) bond motifs is 1. The minimum atomic E-state index is -0.722. The Bertz CT molecular complexity index is 1170. The number of thiazole rings is 1. The first-order valence-electron chi connectivity index (χ1n) is 12.2. The van der Waals surface area contributed by atoms with Crippen LogP contribution in [-0.4, -0.2) is 62.4 Å². The lowest BCUT2D eigenvalue weighted by Crippen LogP contribution is -2.63. The van der Waals surface area contributed by atoms with E-state index in [-0.39, 0.29) is 18.5 Å². The van der Waals surface area contributed by atoms with Gasteiger partial charge in [0, 0.05) is 37.3 Å². The van der Waals surface area contributed by atoms with Crippen LogP contribution in [0.5, 0.6) is 0 Å². The van der Waals surface area contributed by atoms with Gasteiger partial charge in [-0.3, -0.25) is 14.4 Å². The Morgan fingerprint density at radius 2 is 2.03 bits per heavy atom. The summed E-state index contributed by atoms with van der Waals surface area (Å²) in [4.78, 5) is 20.3. The average molecular weight is 483 g/mol. The fourth-order valence-electron chi connectivity index (χ4n) is 5.28. The summed E-state index contributed by atoms with van der Waals surface area (Å²) in [5, 5.41) is 24.1. The van der Waals surface area contributed by atoms with Gasteiger partial charge in [-0.15, -0.1) is 11.3 Å². The Morgan fingerprint density at radius 1 is 1.26 bits per heavy atom. The molecular weight excluding hydrogens is 448 g/mol. The molecule has 1 saturated heterocycles. The summed E-state index contributed by atoms with van der Waals surface area (Å²) < 4.78 is 1.96. The van der Waals surface area contributed by atoms with Crippen molar-refractivity contribution in [1.29, 1.82) is 0 Å². The van der Waals surface area contributed by atoms with Crippen LogP contribution in [0.1, 0.15) is 48.1 Å². The summed E-state index contributed by atoms with van der Waals surface area (Å²) in [7, 11) is 0. The zero-order valence-corrected chi connectivity index (χ0v) is 21.0. The van der Waals surface area contributed by atoms with Gasteiger partial charge in [0.2, 0.25) is 5.91 Å².